The quantitative estimate of drug-likeness (QED) is 0.850. The molecule has 4 nitrogen and oxygen atoms in total. The summed E-state index contributed by atoms with van der Waals surface area (Å²) in [5.74, 6) is 6.65. The van der Waals surface area contributed by atoms with Crippen molar-refractivity contribution in [3.63, 3.8) is 0 Å². The molecule has 0 amide bonds. The van der Waals surface area contributed by atoms with Crippen molar-refractivity contribution in [2.45, 2.75) is 19.0 Å². The summed E-state index contributed by atoms with van der Waals surface area (Å²) in [5, 5.41) is 8.77. The van der Waals surface area contributed by atoms with Crippen molar-refractivity contribution in [3.8, 4) is 11.8 Å². The highest BCUT2D eigenvalue weighted by molar-refractivity contribution is 5.36. The summed E-state index contributed by atoms with van der Waals surface area (Å²) >= 11 is 0. The van der Waals surface area contributed by atoms with E-state index in [-0.39, 0.29) is 6.61 Å². The number of hydrogen-bond donors (Lipinski definition) is 1. The van der Waals surface area contributed by atoms with E-state index < -0.39 is 0 Å². The second-order valence-electron chi connectivity index (χ2n) is 6.68. The lowest BCUT2D eigenvalue weighted by Gasteiger charge is -2.29. The maximum atomic E-state index is 8.77. The number of likely N-dealkylation sites (N-methyl/N-ethyl adjacent to an activating group) is 1. The third-order valence-corrected chi connectivity index (χ3v) is 4.57. The van der Waals surface area contributed by atoms with Gasteiger partial charge >= 0.3 is 0 Å². The molecule has 0 radical (unpaired) electrons. The Morgan fingerprint density at radius 2 is 2.00 bits per heavy atom. The van der Waals surface area contributed by atoms with Crippen molar-refractivity contribution >= 4 is 0 Å². The summed E-state index contributed by atoms with van der Waals surface area (Å²) in [6.07, 6.45) is 0.534. The van der Waals surface area contributed by atoms with Gasteiger partial charge in [0.15, 0.2) is 0 Å². The van der Waals surface area contributed by atoms with Crippen molar-refractivity contribution in [3.05, 3.63) is 35.4 Å². The zero-order valence-corrected chi connectivity index (χ0v) is 13.9. The minimum Gasteiger partial charge on any atom is -0.395 e. The summed E-state index contributed by atoms with van der Waals surface area (Å²) in [5.41, 5.74) is 2.34. The van der Waals surface area contributed by atoms with E-state index >= 15 is 0 Å². The van der Waals surface area contributed by atoms with Crippen LogP contribution in [0.4, 0.5) is 0 Å². The van der Waals surface area contributed by atoms with E-state index in [9.17, 15) is 0 Å². The number of nitrogens with zero attached hydrogens (tertiary/aromatic N) is 2. The molecule has 4 heteroatoms. The van der Waals surface area contributed by atoms with Crippen LogP contribution in [-0.4, -0.2) is 67.5 Å². The molecule has 1 N–H and O–H groups in total. The molecule has 2 atom stereocenters. The van der Waals surface area contributed by atoms with Gasteiger partial charge in [-0.3, -0.25) is 4.90 Å². The second-order valence-corrected chi connectivity index (χ2v) is 6.68. The molecule has 0 unspecified atom stereocenters. The standard InChI is InChI=1S/C19H26N2O2/c1-20-10-18-12-21(19(13-20)15-23-14-18)11-17-7-5-16(6-8-17)4-2-3-9-22/h5-8,18-19,22H,3,9-15H2,1H3/t18-,19-/m0/s1. The summed E-state index contributed by atoms with van der Waals surface area (Å²) < 4.78 is 5.84. The summed E-state index contributed by atoms with van der Waals surface area (Å²) in [6.45, 7) is 6.16. The third-order valence-electron chi connectivity index (χ3n) is 4.57. The van der Waals surface area contributed by atoms with Crippen molar-refractivity contribution in [2.24, 2.45) is 5.92 Å². The Morgan fingerprint density at radius 1 is 1.17 bits per heavy atom. The van der Waals surface area contributed by atoms with Gasteiger partial charge in [-0.25, -0.2) is 0 Å². The third kappa shape index (κ3) is 4.55. The molecule has 3 rings (SSSR count). The van der Waals surface area contributed by atoms with Crippen LogP contribution in [0, 0.1) is 17.8 Å². The molecule has 0 spiro atoms. The molecule has 23 heavy (non-hydrogen) atoms. The van der Waals surface area contributed by atoms with Crippen LogP contribution in [0.15, 0.2) is 24.3 Å². The predicted molar refractivity (Wildman–Crippen MR) is 91.0 cm³/mol. The summed E-state index contributed by atoms with van der Waals surface area (Å²) in [7, 11) is 2.22. The van der Waals surface area contributed by atoms with Gasteiger partial charge in [0.05, 0.1) is 19.8 Å². The van der Waals surface area contributed by atoms with Crippen LogP contribution in [0.2, 0.25) is 0 Å². The second kappa shape index (κ2) is 7.94. The topological polar surface area (TPSA) is 35.9 Å². The first-order chi connectivity index (χ1) is 11.2. The van der Waals surface area contributed by atoms with Crippen LogP contribution in [0.5, 0.6) is 0 Å². The number of benzene rings is 1. The first kappa shape index (κ1) is 16.5. The summed E-state index contributed by atoms with van der Waals surface area (Å²) in [4.78, 5) is 5.02. The van der Waals surface area contributed by atoms with Gasteiger partial charge in [0.1, 0.15) is 0 Å². The summed E-state index contributed by atoms with van der Waals surface area (Å²) in [6, 6.07) is 8.97. The zero-order valence-electron chi connectivity index (χ0n) is 13.9. The van der Waals surface area contributed by atoms with E-state index in [2.05, 4.69) is 53.0 Å². The Labute approximate surface area is 139 Å². The minimum absolute atomic E-state index is 0.124. The molecular formula is C19H26N2O2. The lowest BCUT2D eigenvalue weighted by atomic mass is 10.1. The zero-order chi connectivity index (χ0) is 16.1. The van der Waals surface area contributed by atoms with Crippen molar-refractivity contribution in [2.75, 3.05) is 46.5 Å². The van der Waals surface area contributed by atoms with E-state index in [0.29, 0.717) is 18.4 Å². The number of aliphatic hydroxyl groups is 1. The van der Waals surface area contributed by atoms with Crippen LogP contribution in [-0.2, 0) is 11.3 Å². The van der Waals surface area contributed by atoms with Crippen molar-refractivity contribution in [1.82, 2.24) is 9.80 Å². The molecule has 2 heterocycles. The minimum atomic E-state index is 0.124. The van der Waals surface area contributed by atoms with Gasteiger partial charge in [-0.2, -0.15) is 0 Å². The van der Waals surface area contributed by atoms with Crippen molar-refractivity contribution in [1.29, 1.82) is 0 Å². The molecule has 2 aliphatic rings. The normalized spacial score (nSPS) is 25.5. The smallest absolute Gasteiger partial charge is 0.0634 e. The van der Waals surface area contributed by atoms with Gasteiger partial charge in [-0.15, -0.1) is 0 Å². The Morgan fingerprint density at radius 3 is 2.78 bits per heavy atom. The van der Waals surface area contributed by atoms with Gasteiger partial charge in [0, 0.05) is 50.1 Å². The highest BCUT2D eigenvalue weighted by atomic mass is 16.5. The van der Waals surface area contributed by atoms with Gasteiger partial charge in [-0.05, 0) is 24.7 Å². The fraction of sp³-hybridized carbons (Fsp3) is 0.579. The molecule has 2 bridgehead atoms. The Bertz CT molecular complexity index is 561. The average molecular weight is 314 g/mol. The van der Waals surface area contributed by atoms with Crippen LogP contribution in [0.1, 0.15) is 17.5 Å². The monoisotopic (exact) mass is 314 g/mol. The molecule has 2 saturated heterocycles. The molecule has 1 aromatic carbocycles. The van der Waals surface area contributed by atoms with Crippen LogP contribution in [0.3, 0.4) is 0 Å². The van der Waals surface area contributed by atoms with Crippen LogP contribution < -0.4 is 0 Å². The fourth-order valence-corrected chi connectivity index (χ4v) is 3.51. The molecule has 124 valence electrons. The highest BCUT2D eigenvalue weighted by Crippen LogP contribution is 2.21. The predicted octanol–water partition coefficient (Wildman–Crippen LogP) is 1.18. The van der Waals surface area contributed by atoms with Gasteiger partial charge < -0.3 is 14.7 Å². The Balaban J connectivity index is 1.65. The first-order valence-electron chi connectivity index (χ1n) is 8.43. The number of hydrogen-bond acceptors (Lipinski definition) is 4. The number of fused-ring (bicyclic) bond motifs is 3. The maximum absolute atomic E-state index is 8.77. The Kier molecular flexibility index (Phi) is 5.69. The molecule has 0 aliphatic carbocycles. The fourth-order valence-electron chi connectivity index (χ4n) is 3.51. The van der Waals surface area contributed by atoms with E-state index in [4.69, 9.17) is 9.84 Å². The number of ether oxygens (including phenoxy) is 1. The van der Waals surface area contributed by atoms with Crippen molar-refractivity contribution < 1.29 is 9.84 Å². The average Bonchev–Trinajstić information content (AvgIpc) is 2.79. The van der Waals surface area contributed by atoms with E-state index in [1.807, 2.05) is 0 Å². The lowest BCUT2D eigenvalue weighted by Crippen LogP contribution is -2.42. The van der Waals surface area contributed by atoms with Gasteiger partial charge in [0.2, 0.25) is 0 Å². The molecule has 2 fully saturated rings. The van der Waals surface area contributed by atoms with Gasteiger partial charge in [-0.1, -0.05) is 24.0 Å². The highest BCUT2D eigenvalue weighted by Gasteiger charge is 2.31. The van der Waals surface area contributed by atoms with E-state index in [0.717, 1.165) is 45.0 Å². The van der Waals surface area contributed by atoms with E-state index in [1.54, 1.807) is 0 Å². The number of rotatable bonds is 3. The number of aliphatic hydroxyl groups excluding tert-OH is 1. The van der Waals surface area contributed by atoms with Crippen LogP contribution >= 0.6 is 0 Å². The first-order valence-corrected chi connectivity index (χ1v) is 8.43. The maximum Gasteiger partial charge on any atom is 0.0634 e. The van der Waals surface area contributed by atoms with Gasteiger partial charge in [0.25, 0.3) is 0 Å². The van der Waals surface area contributed by atoms with Crippen LogP contribution in [0.25, 0.3) is 0 Å². The molecule has 1 aromatic rings. The molecule has 0 aromatic heterocycles. The molecular weight excluding hydrogens is 288 g/mol. The van der Waals surface area contributed by atoms with E-state index in [1.165, 1.54) is 5.56 Å². The molecule has 0 saturated carbocycles. The SMILES string of the molecule is CN1C[C@@H]2COC[C@H](C1)N(Cc1ccc(C#CCCO)cc1)C2. The Hall–Kier alpha value is -1.38. The largest absolute Gasteiger partial charge is 0.395 e. The molecule has 2 aliphatic heterocycles. The lowest BCUT2D eigenvalue weighted by molar-refractivity contribution is 0.0562.